The number of ether oxygens (including phenoxy) is 3. The molecule has 0 bridgehead atoms. The van der Waals surface area contributed by atoms with Gasteiger partial charge in [-0.2, -0.15) is 0 Å². The Hall–Kier alpha value is -2.50. The van der Waals surface area contributed by atoms with Crippen molar-refractivity contribution in [2.45, 2.75) is 40.2 Å². The van der Waals surface area contributed by atoms with Gasteiger partial charge < -0.3 is 19.3 Å². The van der Waals surface area contributed by atoms with Crippen molar-refractivity contribution < 1.29 is 28.9 Å². The lowest BCUT2D eigenvalue weighted by Gasteiger charge is -2.16. The van der Waals surface area contributed by atoms with E-state index >= 15 is 0 Å². The summed E-state index contributed by atoms with van der Waals surface area (Å²) in [5, 5.41) is 10.6. The molecule has 0 unspecified atom stereocenters. The average Bonchev–Trinajstić information content (AvgIpc) is 2.98. The third kappa shape index (κ3) is 3.62. The Bertz CT molecular complexity index is 732. The molecule has 0 fully saturated rings. The Morgan fingerprint density at radius 1 is 1.40 bits per heavy atom. The number of phenols is 1. The number of aromatic hydroxyl groups is 1. The van der Waals surface area contributed by atoms with E-state index in [1.807, 2.05) is 19.9 Å². The number of carbonyl (C=O) groups excluding carboxylic acids is 2. The molecule has 0 aromatic heterocycles. The maximum atomic E-state index is 11.9. The number of phenolic OH excluding ortho intramolecular Hbond substituents is 1. The van der Waals surface area contributed by atoms with Gasteiger partial charge in [-0.3, -0.25) is 4.79 Å². The SMILES string of the molecule is COC(=O)[C@H](C)CC(C)=CCc1c(O)c2c(c(C)c1OC)COC2=O. The number of rotatable bonds is 6. The van der Waals surface area contributed by atoms with E-state index in [4.69, 9.17) is 14.2 Å². The van der Waals surface area contributed by atoms with Crippen LogP contribution >= 0.6 is 0 Å². The van der Waals surface area contributed by atoms with Gasteiger partial charge in [0.05, 0.1) is 20.1 Å². The monoisotopic (exact) mass is 348 g/mol. The molecule has 2 rings (SSSR count). The van der Waals surface area contributed by atoms with E-state index in [0.29, 0.717) is 29.7 Å². The predicted molar refractivity (Wildman–Crippen MR) is 91.8 cm³/mol. The number of allylic oxidation sites excluding steroid dienone is 2. The first-order valence-electron chi connectivity index (χ1n) is 8.13. The normalized spacial score (nSPS) is 14.8. The molecule has 0 radical (unpaired) electrons. The van der Waals surface area contributed by atoms with Gasteiger partial charge in [0.15, 0.2) is 0 Å². The van der Waals surface area contributed by atoms with Gasteiger partial charge in [0, 0.05) is 11.1 Å². The molecule has 1 N–H and O–H groups in total. The van der Waals surface area contributed by atoms with Crippen molar-refractivity contribution in [2.24, 2.45) is 5.92 Å². The van der Waals surface area contributed by atoms with Gasteiger partial charge in [0.2, 0.25) is 0 Å². The molecule has 1 aromatic rings. The standard InChI is InChI=1S/C19H24O6/c1-10(8-11(2)18(21)24-5)6-7-13-16(20)15-14(9-25-19(15)22)12(3)17(13)23-4/h6,11,20H,7-9H2,1-5H3/t11-/m1/s1. The van der Waals surface area contributed by atoms with Gasteiger partial charge in [-0.25, -0.2) is 4.79 Å². The fourth-order valence-corrected chi connectivity index (χ4v) is 3.16. The molecule has 1 aliphatic rings. The van der Waals surface area contributed by atoms with Crippen molar-refractivity contribution in [3.05, 3.63) is 33.9 Å². The van der Waals surface area contributed by atoms with Crippen molar-refractivity contribution in [3.63, 3.8) is 0 Å². The van der Waals surface area contributed by atoms with Crippen LogP contribution in [0.2, 0.25) is 0 Å². The Morgan fingerprint density at radius 2 is 2.08 bits per heavy atom. The Balaban J connectivity index is 2.32. The molecule has 25 heavy (non-hydrogen) atoms. The molecule has 1 aliphatic heterocycles. The minimum atomic E-state index is -0.514. The molecule has 0 saturated carbocycles. The highest BCUT2D eigenvalue weighted by molar-refractivity contribution is 5.98. The Labute approximate surface area is 147 Å². The predicted octanol–water partition coefficient (Wildman–Crippen LogP) is 3.07. The zero-order valence-corrected chi connectivity index (χ0v) is 15.3. The van der Waals surface area contributed by atoms with Crippen molar-refractivity contribution in [1.82, 2.24) is 0 Å². The second-order valence-electron chi connectivity index (χ2n) is 6.30. The molecule has 0 aliphatic carbocycles. The van der Waals surface area contributed by atoms with Crippen LogP contribution in [0.15, 0.2) is 11.6 Å². The molecular weight excluding hydrogens is 324 g/mol. The van der Waals surface area contributed by atoms with Crippen molar-refractivity contribution >= 4 is 11.9 Å². The summed E-state index contributed by atoms with van der Waals surface area (Å²) in [6, 6.07) is 0. The first-order valence-corrected chi connectivity index (χ1v) is 8.13. The maximum absolute atomic E-state index is 11.9. The van der Waals surface area contributed by atoms with E-state index in [2.05, 4.69) is 0 Å². The molecule has 0 saturated heterocycles. The molecule has 6 nitrogen and oxygen atoms in total. The van der Waals surface area contributed by atoms with Crippen molar-refractivity contribution in [3.8, 4) is 11.5 Å². The van der Waals surface area contributed by atoms with Crippen LogP contribution in [0, 0.1) is 12.8 Å². The molecule has 0 spiro atoms. The highest BCUT2D eigenvalue weighted by atomic mass is 16.5. The highest BCUT2D eigenvalue weighted by Gasteiger charge is 2.31. The minimum absolute atomic E-state index is 0.0926. The van der Waals surface area contributed by atoms with E-state index in [-0.39, 0.29) is 29.8 Å². The highest BCUT2D eigenvalue weighted by Crippen LogP contribution is 2.42. The van der Waals surface area contributed by atoms with Gasteiger partial charge in [-0.1, -0.05) is 18.6 Å². The zero-order valence-electron chi connectivity index (χ0n) is 15.3. The molecule has 6 heteroatoms. The van der Waals surface area contributed by atoms with Gasteiger partial charge >= 0.3 is 11.9 Å². The number of hydrogen-bond acceptors (Lipinski definition) is 6. The fourth-order valence-electron chi connectivity index (χ4n) is 3.16. The van der Waals surface area contributed by atoms with Crippen LogP contribution in [0.25, 0.3) is 0 Å². The van der Waals surface area contributed by atoms with Gasteiger partial charge in [0.1, 0.15) is 23.7 Å². The molecule has 136 valence electrons. The quantitative estimate of drug-likeness (QED) is 0.628. The third-order valence-corrected chi connectivity index (χ3v) is 4.53. The number of benzene rings is 1. The molecule has 1 atom stereocenters. The summed E-state index contributed by atoms with van der Waals surface area (Å²) in [6.07, 6.45) is 2.86. The number of carbonyl (C=O) groups is 2. The van der Waals surface area contributed by atoms with Crippen LogP contribution in [0.4, 0.5) is 0 Å². The summed E-state index contributed by atoms with van der Waals surface area (Å²) in [5.74, 6) is -0.554. The summed E-state index contributed by atoms with van der Waals surface area (Å²) in [7, 11) is 2.90. The first-order chi connectivity index (χ1) is 11.8. The topological polar surface area (TPSA) is 82.1 Å². The van der Waals surface area contributed by atoms with E-state index in [1.54, 1.807) is 6.92 Å². The Kier molecular flexibility index (Phi) is 5.72. The minimum Gasteiger partial charge on any atom is -0.507 e. The fraction of sp³-hybridized carbons (Fsp3) is 0.474. The summed E-state index contributed by atoms with van der Waals surface area (Å²) in [5.41, 5.74) is 3.22. The van der Waals surface area contributed by atoms with Crippen LogP contribution in [0.3, 0.4) is 0 Å². The largest absolute Gasteiger partial charge is 0.507 e. The molecule has 0 amide bonds. The van der Waals surface area contributed by atoms with E-state index in [9.17, 15) is 14.7 Å². The number of cyclic esters (lactones) is 1. The van der Waals surface area contributed by atoms with Crippen LogP contribution in [-0.2, 0) is 27.3 Å². The lowest BCUT2D eigenvalue weighted by molar-refractivity contribution is -0.144. The second kappa shape index (κ2) is 7.59. The lowest BCUT2D eigenvalue weighted by Crippen LogP contribution is -2.12. The Morgan fingerprint density at radius 3 is 2.68 bits per heavy atom. The second-order valence-corrected chi connectivity index (χ2v) is 6.30. The zero-order chi connectivity index (χ0) is 18.7. The molecule has 1 aromatic carbocycles. The number of fused-ring (bicyclic) bond motifs is 1. The summed E-state index contributed by atoms with van der Waals surface area (Å²) in [4.78, 5) is 23.4. The molecular formula is C19H24O6. The summed E-state index contributed by atoms with van der Waals surface area (Å²) < 4.78 is 15.2. The summed E-state index contributed by atoms with van der Waals surface area (Å²) in [6.45, 7) is 5.71. The van der Waals surface area contributed by atoms with E-state index in [1.165, 1.54) is 14.2 Å². The molecule has 1 heterocycles. The smallest absolute Gasteiger partial charge is 0.342 e. The number of methoxy groups -OCH3 is 2. The van der Waals surface area contributed by atoms with Gasteiger partial charge in [0.25, 0.3) is 0 Å². The van der Waals surface area contributed by atoms with Crippen LogP contribution < -0.4 is 4.74 Å². The van der Waals surface area contributed by atoms with Gasteiger partial charge in [-0.05, 0) is 32.3 Å². The maximum Gasteiger partial charge on any atom is 0.342 e. The van der Waals surface area contributed by atoms with Gasteiger partial charge in [-0.15, -0.1) is 0 Å². The van der Waals surface area contributed by atoms with Crippen LogP contribution in [-0.4, -0.2) is 31.3 Å². The third-order valence-electron chi connectivity index (χ3n) is 4.53. The average molecular weight is 348 g/mol. The number of esters is 2. The van der Waals surface area contributed by atoms with E-state index in [0.717, 1.165) is 11.1 Å². The lowest BCUT2D eigenvalue weighted by atomic mass is 9.94. The first kappa shape index (κ1) is 18.8. The summed E-state index contributed by atoms with van der Waals surface area (Å²) >= 11 is 0. The van der Waals surface area contributed by atoms with E-state index < -0.39 is 5.97 Å². The van der Waals surface area contributed by atoms with Crippen LogP contribution in [0.1, 0.15) is 47.3 Å². The van der Waals surface area contributed by atoms with Crippen molar-refractivity contribution in [1.29, 1.82) is 0 Å². The van der Waals surface area contributed by atoms with Crippen LogP contribution in [0.5, 0.6) is 11.5 Å². The number of hydrogen-bond donors (Lipinski definition) is 1. The van der Waals surface area contributed by atoms with Crippen molar-refractivity contribution in [2.75, 3.05) is 14.2 Å².